The Morgan fingerprint density at radius 3 is 2.42 bits per heavy atom. The van der Waals surface area contributed by atoms with Gasteiger partial charge in [-0.1, -0.05) is 55.1 Å². The van der Waals surface area contributed by atoms with E-state index in [1.165, 1.54) is 0 Å². The monoisotopic (exact) mass is 250 g/mol. The molecule has 0 unspecified atom stereocenters. The molecular weight excluding hydrogens is 232 g/mol. The smallest absolute Gasteiger partial charge is 0.135 e. The fourth-order valence-electron chi connectivity index (χ4n) is 1.99. The molecule has 0 saturated carbocycles. The van der Waals surface area contributed by atoms with Gasteiger partial charge >= 0.3 is 0 Å². The standard InChI is InChI=1S/C18H18O/c1-4-9-16-12-8-13-17(18(16)19-14(2)3)15-10-6-5-7-11-15/h5-14H,1H2,2-3H3. The SMILES string of the molecule is C=C=Cc1cccc(-c2ccccc2)c1OC(C)C. The summed E-state index contributed by atoms with van der Waals surface area (Å²) < 4.78 is 5.98. The van der Waals surface area contributed by atoms with E-state index in [4.69, 9.17) is 4.74 Å². The summed E-state index contributed by atoms with van der Waals surface area (Å²) in [6.07, 6.45) is 1.98. The molecule has 0 aliphatic carbocycles. The third-order valence-electron chi connectivity index (χ3n) is 2.74. The summed E-state index contributed by atoms with van der Waals surface area (Å²) in [5.74, 6) is 0.889. The van der Waals surface area contributed by atoms with E-state index in [1.54, 1.807) is 0 Å². The van der Waals surface area contributed by atoms with Crippen molar-refractivity contribution in [2.75, 3.05) is 0 Å². The Hall–Kier alpha value is -2.24. The van der Waals surface area contributed by atoms with Crippen molar-refractivity contribution in [1.82, 2.24) is 0 Å². The van der Waals surface area contributed by atoms with Gasteiger partial charge in [0.2, 0.25) is 0 Å². The van der Waals surface area contributed by atoms with Crippen LogP contribution in [0.3, 0.4) is 0 Å². The minimum Gasteiger partial charge on any atom is -0.490 e. The van der Waals surface area contributed by atoms with Gasteiger partial charge in [0.05, 0.1) is 6.10 Å². The Balaban J connectivity index is 2.59. The number of ether oxygens (including phenoxy) is 1. The van der Waals surface area contributed by atoms with Gasteiger partial charge in [0.1, 0.15) is 5.75 Å². The van der Waals surface area contributed by atoms with Gasteiger partial charge in [-0.05, 0) is 25.5 Å². The summed E-state index contributed by atoms with van der Waals surface area (Å²) in [5, 5.41) is 0. The lowest BCUT2D eigenvalue weighted by Gasteiger charge is -2.17. The summed E-state index contributed by atoms with van der Waals surface area (Å²) >= 11 is 0. The minimum atomic E-state index is 0.127. The second-order valence-corrected chi connectivity index (χ2v) is 4.61. The van der Waals surface area contributed by atoms with Crippen molar-refractivity contribution in [2.24, 2.45) is 0 Å². The summed E-state index contributed by atoms with van der Waals surface area (Å²) in [7, 11) is 0. The lowest BCUT2D eigenvalue weighted by Crippen LogP contribution is -2.07. The quantitative estimate of drug-likeness (QED) is 0.698. The molecule has 1 heteroatoms. The van der Waals surface area contributed by atoms with Gasteiger partial charge in [-0.2, -0.15) is 0 Å². The molecule has 2 aromatic carbocycles. The first-order chi connectivity index (χ1) is 9.22. The van der Waals surface area contributed by atoms with Gasteiger partial charge in [0.25, 0.3) is 0 Å². The van der Waals surface area contributed by atoms with E-state index in [2.05, 4.69) is 30.5 Å². The van der Waals surface area contributed by atoms with E-state index in [0.29, 0.717) is 0 Å². The minimum absolute atomic E-state index is 0.127. The van der Waals surface area contributed by atoms with Crippen LogP contribution < -0.4 is 4.74 Å². The zero-order valence-electron chi connectivity index (χ0n) is 11.4. The Bertz CT molecular complexity index is 590. The molecule has 0 spiro atoms. The van der Waals surface area contributed by atoms with Crippen LogP contribution >= 0.6 is 0 Å². The molecule has 0 fully saturated rings. The zero-order chi connectivity index (χ0) is 13.7. The van der Waals surface area contributed by atoms with Crippen molar-refractivity contribution in [3.05, 3.63) is 66.4 Å². The molecule has 2 rings (SSSR count). The molecule has 0 bridgehead atoms. The average molecular weight is 250 g/mol. The molecule has 0 aliphatic rings. The number of para-hydroxylation sites is 1. The van der Waals surface area contributed by atoms with Crippen LogP contribution in [0.5, 0.6) is 5.75 Å². The molecule has 1 nitrogen and oxygen atoms in total. The first-order valence-corrected chi connectivity index (χ1v) is 6.43. The van der Waals surface area contributed by atoms with Crippen LogP contribution in [0.25, 0.3) is 17.2 Å². The molecule has 0 heterocycles. The van der Waals surface area contributed by atoms with E-state index in [1.807, 2.05) is 50.3 Å². The predicted molar refractivity (Wildman–Crippen MR) is 81.2 cm³/mol. The first-order valence-electron chi connectivity index (χ1n) is 6.43. The topological polar surface area (TPSA) is 9.23 Å². The van der Waals surface area contributed by atoms with Gasteiger partial charge < -0.3 is 4.74 Å². The molecule has 2 aromatic rings. The van der Waals surface area contributed by atoms with Crippen LogP contribution in [0.2, 0.25) is 0 Å². The van der Waals surface area contributed by atoms with Crippen LogP contribution in [0.1, 0.15) is 19.4 Å². The highest BCUT2D eigenvalue weighted by molar-refractivity contribution is 5.76. The highest BCUT2D eigenvalue weighted by Crippen LogP contribution is 2.34. The highest BCUT2D eigenvalue weighted by atomic mass is 16.5. The van der Waals surface area contributed by atoms with E-state index in [-0.39, 0.29) is 6.10 Å². The maximum absolute atomic E-state index is 5.98. The van der Waals surface area contributed by atoms with E-state index >= 15 is 0 Å². The lowest BCUT2D eigenvalue weighted by molar-refractivity contribution is 0.243. The molecule has 19 heavy (non-hydrogen) atoms. The zero-order valence-corrected chi connectivity index (χ0v) is 11.4. The van der Waals surface area contributed by atoms with Gasteiger partial charge in [-0.15, -0.1) is 5.73 Å². The van der Waals surface area contributed by atoms with Gasteiger partial charge in [0.15, 0.2) is 0 Å². The average Bonchev–Trinajstić information content (AvgIpc) is 2.41. The Morgan fingerprint density at radius 2 is 1.79 bits per heavy atom. The van der Waals surface area contributed by atoms with Crippen LogP contribution in [-0.4, -0.2) is 6.10 Å². The van der Waals surface area contributed by atoms with Gasteiger partial charge in [-0.3, -0.25) is 0 Å². The third kappa shape index (κ3) is 3.15. The maximum Gasteiger partial charge on any atom is 0.135 e. The molecule has 0 radical (unpaired) electrons. The van der Waals surface area contributed by atoms with Crippen LogP contribution in [0.4, 0.5) is 0 Å². The van der Waals surface area contributed by atoms with Crippen molar-refractivity contribution in [1.29, 1.82) is 0 Å². The lowest BCUT2D eigenvalue weighted by atomic mass is 10.0. The van der Waals surface area contributed by atoms with E-state index in [0.717, 1.165) is 22.4 Å². The van der Waals surface area contributed by atoms with Crippen molar-refractivity contribution >= 4 is 6.08 Å². The Morgan fingerprint density at radius 1 is 1.05 bits per heavy atom. The number of benzene rings is 2. The molecule has 0 amide bonds. The predicted octanol–water partition coefficient (Wildman–Crippen LogP) is 4.94. The molecule has 96 valence electrons. The molecule has 0 aromatic heterocycles. The summed E-state index contributed by atoms with van der Waals surface area (Å²) in [5.41, 5.74) is 6.07. The molecule has 0 N–H and O–H groups in total. The normalized spacial score (nSPS) is 10.1. The van der Waals surface area contributed by atoms with Crippen LogP contribution in [0.15, 0.2) is 60.8 Å². The largest absolute Gasteiger partial charge is 0.490 e. The molecule has 0 aliphatic heterocycles. The number of rotatable bonds is 4. The first kappa shape index (κ1) is 13.2. The number of hydrogen-bond donors (Lipinski definition) is 0. The fourth-order valence-corrected chi connectivity index (χ4v) is 1.99. The third-order valence-corrected chi connectivity index (χ3v) is 2.74. The Kier molecular flexibility index (Phi) is 4.22. The van der Waals surface area contributed by atoms with Crippen molar-refractivity contribution in [2.45, 2.75) is 20.0 Å². The second kappa shape index (κ2) is 6.08. The summed E-state index contributed by atoms with van der Waals surface area (Å²) in [6.45, 7) is 7.70. The molecule has 0 saturated heterocycles. The van der Waals surface area contributed by atoms with Crippen molar-refractivity contribution in [3.8, 4) is 16.9 Å². The second-order valence-electron chi connectivity index (χ2n) is 4.61. The van der Waals surface area contributed by atoms with Crippen LogP contribution in [0, 0.1) is 0 Å². The van der Waals surface area contributed by atoms with Crippen molar-refractivity contribution in [3.63, 3.8) is 0 Å². The van der Waals surface area contributed by atoms with E-state index < -0.39 is 0 Å². The molecular formula is C18H18O. The van der Waals surface area contributed by atoms with Gasteiger partial charge in [0, 0.05) is 11.1 Å². The van der Waals surface area contributed by atoms with Crippen molar-refractivity contribution < 1.29 is 4.74 Å². The molecule has 0 atom stereocenters. The maximum atomic E-state index is 5.98. The number of hydrogen-bond acceptors (Lipinski definition) is 1. The fraction of sp³-hybridized carbons (Fsp3) is 0.167. The highest BCUT2D eigenvalue weighted by Gasteiger charge is 2.11. The van der Waals surface area contributed by atoms with Crippen LogP contribution in [-0.2, 0) is 0 Å². The Labute approximate surface area is 114 Å². The summed E-state index contributed by atoms with van der Waals surface area (Å²) in [4.78, 5) is 0. The van der Waals surface area contributed by atoms with E-state index in [9.17, 15) is 0 Å². The van der Waals surface area contributed by atoms with Gasteiger partial charge in [-0.25, -0.2) is 0 Å². The summed E-state index contributed by atoms with van der Waals surface area (Å²) in [6, 6.07) is 16.4.